The third-order valence-corrected chi connectivity index (χ3v) is 8.58. The summed E-state index contributed by atoms with van der Waals surface area (Å²) < 4.78 is 7.56. The molecule has 0 radical (unpaired) electrons. The summed E-state index contributed by atoms with van der Waals surface area (Å²) in [6.07, 6.45) is 8.55. The lowest BCUT2D eigenvalue weighted by Gasteiger charge is -2.37. The van der Waals surface area contributed by atoms with Gasteiger partial charge in [-0.25, -0.2) is 0 Å². The van der Waals surface area contributed by atoms with Gasteiger partial charge >= 0.3 is 0 Å². The predicted molar refractivity (Wildman–Crippen MR) is 125 cm³/mol. The van der Waals surface area contributed by atoms with Crippen molar-refractivity contribution in [1.29, 1.82) is 0 Å². The van der Waals surface area contributed by atoms with E-state index in [0.717, 1.165) is 64.2 Å². The summed E-state index contributed by atoms with van der Waals surface area (Å²) in [7, 11) is 0. The number of aromatic nitrogens is 3. The smallest absolute Gasteiger partial charge is 0.0967 e. The molecular formula is C24H38N4O2S. The van der Waals surface area contributed by atoms with Crippen LogP contribution in [-0.2, 0) is 30.7 Å². The molecule has 0 amide bonds. The number of hydrogen-bond donors (Lipinski definition) is 1. The van der Waals surface area contributed by atoms with Gasteiger partial charge in [0.05, 0.1) is 5.69 Å². The molecule has 2 fully saturated rings. The number of nitrogens with zero attached hydrogens (tertiary/aromatic N) is 4. The van der Waals surface area contributed by atoms with E-state index in [1.165, 1.54) is 28.2 Å². The molecule has 0 bridgehead atoms. The van der Waals surface area contributed by atoms with Crippen LogP contribution in [0.15, 0.2) is 12.3 Å². The molecule has 0 spiro atoms. The molecule has 2 aliphatic heterocycles. The van der Waals surface area contributed by atoms with Gasteiger partial charge in [0.25, 0.3) is 0 Å². The molecule has 7 heteroatoms. The van der Waals surface area contributed by atoms with Gasteiger partial charge in [-0.3, -0.25) is 9.58 Å². The molecule has 31 heavy (non-hydrogen) atoms. The van der Waals surface area contributed by atoms with Crippen LogP contribution in [-0.4, -0.2) is 57.4 Å². The Labute approximate surface area is 190 Å². The summed E-state index contributed by atoms with van der Waals surface area (Å²) in [4.78, 5) is 5.40. The van der Waals surface area contributed by atoms with Crippen LogP contribution < -0.4 is 0 Å². The molecule has 1 N–H and O–H groups in total. The summed E-state index contributed by atoms with van der Waals surface area (Å²) in [5, 5.41) is 18.4. The minimum Gasteiger partial charge on any atom is -0.396 e. The van der Waals surface area contributed by atoms with Crippen molar-refractivity contribution in [3.05, 3.63) is 33.3 Å². The Hall–Kier alpha value is -1.28. The summed E-state index contributed by atoms with van der Waals surface area (Å²) in [6.45, 7) is 11.7. The standard InChI is InChI=1S/C24H38N4O2S/c1-4-21-14-22(23(31-21)6-10-29)19-5-9-27(18(2)13-19)15-20-16-28(26-25-20)17-24(3)7-11-30-12-8-24/h14,16,18-19,29H,4-13,15,17H2,1-3H3/t18-,19?/m0/s1. The van der Waals surface area contributed by atoms with E-state index in [1.54, 1.807) is 0 Å². The van der Waals surface area contributed by atoms with Gasteiger partial charge in [0.15, 0.2) is 0 Å². The van der Waals surface area contributed by atoms with Crippen LogP contribution in [0.25, 0.3) is 0 Å². The molecule has 4 rings (SSSR count). The Morgan fingerprint density at radius 2 is 2.13 bits per heavy atom. The zero-order chi connectivity index (χ0) is 21.8. The Kier molecular flexibility index (Phi) is 7.47. The third kappa shape index (κ3) is 5.56. The van der Waals surface area contributed by atoms with Crippen molar-refractivity contribution in [2.45, 2.75) is 84.3 Å². The van der Waals surface area contributed by atoms with E-state index < -0.39 is 0 Å². The second-order valence-corrected chi connectivity index (χ2v) is 11.0. The number of ether oxygens (including phenoxy) is 1. The molecule has 2 aliphatic rings. The number of piperidine rings is 1. The third-order valence-electron chi connectivity index (χ3n) is 7.23. The second kappa shape index (κ2) is 10.1. The van der Waals surface area contributed by atoms with E-state index in [0.29, 0.717) is 12.0 Å². The number of aryl methyl sites for hydroxylation is 1. The van der Waals surface area contributed by atoms with Gasteiger partial charge in [0.1, 0.15) is 0 Å². The van der Waals surface area contributed by atoms with Gasteiger partial charge in [-0.2, -0.15) is 0 Å². The zero-order valence-electron chi connectivity index (χ0n) is 19.3. The molecule has 2 aromatic rings. The maximum absolute atomic E-state index is 9.48. The molecule has 0 aromatic carbocycles. The Morgan fingerprint density at radius 1 is 1.32 bits per heavy atom. The first-order valence-corrected chi connectivity index (χ1v) is 12.7. The first-order chi connectivity index (χ1) is 15.0. The average Bonchev–Trinajstić information content (AvgIpc) is 3.36. The van der Waals surface area contributed by atoms with E-state index in [9.17, 15) is 5.11 Å². The first kappa shape index (κ1) is 22.9. The fourth-order valence-electron chi connectivity index (χ4n) is 5.17. The van der Waals surface area contributed by atoms with E-state index in [-0.39, 0.29) is 12.0 Å². The molecule has 2 aromatic heterocycles. The van der Waals surface area contributed by atoms with Gasteiger partial charge in [0, 0.05) is 61.3 Å². The van der Waals surface area contributed by atoms with Crippen molar-refractivity contribution in [1.82, 2.24) is 19.9 Å². The van der Waals surface area contributed by atoms with Gasteiger partial charge < -0.3 is 9.84 Å². The normalized spacial score (nSPS) is 24.5. The lowest BCUT2D eigenvalue weighted by Crippen LogP contribution is -2.39. The van der Waals surface area contributed by atoms with Crippen molar-refractivity contribution < 1.29 is 9.84 Å². The van der Waals surface area contributed by atoms with Gasteiger partial charge in [-0.15, -0.1) is 16.4 Å². The number of rotatable bonds is 8. The summed E-state index contributed by atoms with van der Waals surface area (Å²) in [5.41, 5.74) is 2.84. The van der Waals surface area contributed by atoms with Crippen LogP contribution in [0.1, 0.15) is 73.4 Å². The summed E-state index contributed by atoms with van der Waals surface area (Å²) >= 11 is 1.90. The van der Waals surface area contributed by atoms with Gasteiger partial charge in [-0.05, 0) is 68.5 Å². The minimum atomic E-state index is 0.243. The number of hydrogen-bond acceptors (Lipinski definition) is 6. The Morgan fingerprint density at radius 3 is 2.84 bits per heavy atom. The van der Waals surface area contributed by atoms with Gasteiger partial charge in [0.2, 0.25) is 0 Å². The highest BCUT2D eigenvalue weighted by Crippen LogP contribution is 2.38. The zero-order valence-corrected chi connectivity index (χ0v) is 20.2. The molecule has 2 saturated heterocycles. The van der Waals surface area contributed by atoms with E-state index in [1.807, 2.05) is 16.0 Å². The van der Waals surface area contributed by atoms with Crippen molar-refractivity contribution in [3.8, 4) is 0 Å². The SMILES string of the molecule is CCc1cc(C2CCN(Cc3cn(CC4(C)CCOCC4)nn3)[C@@H](C)C2)c(CCO)s1. The molecular weight excluding hydrogens is 408 g/mol. The van der Waals surface area contributed by atoms with Crippen LogP contribution in [0.5, 0.6) is 0 Å². The van der Waals surface area contributed by atoms with Crippen LogP contribution in [0.3, 0.4) is 0 Å². The number of thiophene rings is 1. The molecule has 0 aliphatic carbocycles. The van der Waals surface area contributed by atoms with Gasteiger partial charge in [-0.1, -0.05) is 19.1 Å². The van der Waals surface area contributed by atoms with Crippen molar-refractivity contribution >= 4 is 11.3 Å². The molecule has 2 atom stereocenters. The summed E-state index contributed by atoms with van der Waals surface area (Å²) in [6, 6.07) is 2.93. The van der Waals surface area contributed by atoms with Crippen LogP contribution in [0, 0.1) is 5.41 Å². The second-order valence-electron chi connectivity index (χ2n) is 9.79. The highest BCUT2D eigenvalue weighted by atomic mass is 32.1. The number of aliphatic hydroxyl groups excluding tert-OH is 1. The maximum atomic E-state index is 9.48. The lowest BCUT2D eigenvalue weighted by atomic mass is 9.82. The Balaban J connectivity index is 1.35. The van der Waals surface area contributed by atoms with Crippen molar-refractivity contribution in [2.75, 3.05) is 26.4 Å². The first-order valence-electron chi connectivity index (χ1n) is 11.9. The summed E-state index contributed by atoms with van der Waals surface area (Å²) in [5.74, 6) is 0.605. The number of aliphatic hydroxyl groups is 1. The molecule has 172 valence electrons. The Bertz CT molecular complexity index is 843. The van der Waals surface area contributed by atoms with E-state index >= 15 is 0 Å². The monoisotopic (exact) mass is 446 g/mol. The quantitative estimate of drug-likeness (QED) is 0.663. The number of likely N-dealkylation sites (tertiary alicyclic amines) is 1. The van der Waals surface area contributed by atoms with E-state index in [4.69, 9.17) is 4.74 Å². The fraction of sp³-hybridized carbons (Fsp3) is 0.750. The lowest BCUT2D eigenvalue weighted by molar-refractivity contribution is 0.0136. The van der Waals surface area contributed by atoms with E-state index in [2.05, 4.69) is 48.2 Å². The molecule has 6 nitrogen and oxygen atoms in total. The van der Waals surface area contributed by atoms with Crippen LogP contribution >= 0.6 is 11.3 Å². The maximum Gasteiger partial charge on any atom is 0.0967 e. The highest BCUT2D eigenvalue weighted by molar-refractivity contribution is 7.12. The average molecular weight is 447 g/mol. The van der Waals surface area contributed by atoms with Crippen molar-refractivity contribution in [3.63, 3.8) is 0 Å². The molecule has 0 saturated carbocycles. The van der Waals surface area contributed by atoms with Crippen molar-refractivity contribution in [2.24, 2.45) is 5.41 Å². The topological polar surface area (TPSA) is 63.4 Å². The van der Waals surface area contributed by atoms with Crippen LogP contribution in [0.2, 0.25) is 0 Å². The fourth-order valence-corrected chi connectivity index (χ4v) is 6.35. The minimum absolute atomic E-state index is 0.243. The highest BCUT2D eigenvalue weighted by Gasteiger charge is 2.30. The molecule has 4 heterocycles. The predicted octanol–water partition coefficient (Wildman–Crippen LogP) is 4.02. The van der Waals surface area contributed by atoms with Crippen LogP contribution in [0.4, 0.5) is 0 Å². The largest absolute Gasteiger partial charge is 0.396 e. The molecule has 1 unspecified atom stereocenters.